The van der Waals surface area contributed by atoms with Crippen LogP contribution in [0.1, 0.15) is 27.2 Å². The van der Waals surface area contributed by atoms with Gasteiger partial charge >= 0.3 is 6.03 Å². The summed E-state index contributed by atoms with van der Waals surface area (Å²) in [7, 11) is 0. The smallest absolute Gasteiger partial charge is 0.316 e. The predicted octanol–water partition coefficient (Wildman–Crippen LogP) is 1.89. The lowest BCUT2D eigenvalue weighted by Crippen LogP contribution is -2.37. The molecule has 0 unspecified atom stereocenters. The van der Waals surface area contributed by atoms with Crippen LogP contribution in [0.5, 0.6) is 0 Å². The molecule has 1 rings (SSSR count). The van der Waals surface area contributed by atoms with Gasteiger partial charge in [-0.25, -0.2) is 4.79 Å². The third-order valence-electron chi connectivity index (χ3n) is 2.44. The number of nitrogens with one attached hydrogen (secondary N) is 3. The number of amides is 3. The average molecular weight is 278 g/mol. The van der Waals surface area contributed by atoms with E-state index in [1.165, 1.54) is 0 Å². The number of urea groups is 1. The summed E-state index contributed by atoms with van der Waals surface area (Å²) in [4.78, 5) is 22.4. The summed E-state index contributed by atoms with van der Waals surface area (Å²) in [5, 5.41) is 8.49. The zero-order chi connectivity index (χ0) is 15.2. The monoisotopic (exact) mass is 278 g/mol. The van der Waals surface area contributed by atoms with E-state index in [-0.39, 0.29) is 11.4 Å². The van der Waals surface area contributed by atoms with Gasteiger partial charge in [-0.1, -0.05) is 0 Å². The Morgan fingerprint density at radius 1 is 1.05 bits per heavy atom. The molecular weight excluding hydrogens is 256 g/mol. The molecular formula is C14H22N4O2. The number of anilines is 2. The maximum absolute atomic E-state index is 11.7. The van der Waals surface area contributed by atoms with Crippen molar-refractivity contribution in [2.45, 2.75) is 32.7 Å². The lowest BCUT2D eigenvalue weighted by Gasteiger charge is -2.20. The minimum atomic E-state index is -0.616. The molecule has 110 valence electrons. The number of rotatable bonds is 5. The second kappa shape index (κ2) is 6.91. The van der Waals surface area contributed by atoms with E-state index < -0.39 is 6.03 Å². The highest BCUT2D eigenvalue weighted by Gasteiger charge is 2.09. The molecule has 0 aromatic heterocycles. The fourth-order valence-electron chi connectivity index (χ4n) is 1.55. The molecule has 0 radical (unpaired) electrons. The Kier molecular flexibility index (Phi) is 5.52. The Balaban J connectivity index is 2.40. The Morgan fingerprint density at radius 2 is 1.55 bits per heavy atom. The SMILES string of the molecule is CC(C)(C)NCCC(=O)Nc1ccc(NC(N)=O)cc1. The maximum Gasteiger partial charge on any atom is 0.316 e. The highest BCUT2D eigenvalue weighted by atomic mass is 16.2. The van der Waals surface area contributed by atoms with Crippen LogP contribution >= 0.6 is 0 Å². The summed E-state index contributed by atoms with van der Waals surface area (Å²) >= 11 is 0. The van der Waals surface area contributed by atoms with Gasteiger partial charge in [-0.2, -0.15) is 0 Å². The molecule has 0 aliphatic heterocycles. The van der Waals surface area contributed by atoms with Crippen molar-refractivity contribution in [1.82, 2.24) is 5.32 Å². The van der Waals surface area contributed by atoms with Crippen LogP contribution in [0.4, 0.5) is 16.2 Å². The fraction of sp³-hybridized carbons (Fsp3) is 0.429. The van der Waals surface area contributed by atoms with Crippen LogP contribution in [0.15, 0.2) is 24.3 Å². The summed E-state index contributed by atoms with van der Waals surface area (Å²) < 4.78 is 0. The van der Waals surface area contributed by atoms with E-state index in [2.05, 4.69) is 36.7 Å². The van der Waals surface area contributed by atoms with Crippen molar-refractivity contribution < 1.29 is 9.59 Å². The van der Waals surface area contributed by atoms with Crippen LogP contribution in [0.25, 0.3) is 0 Å². The van der Waals surface area contributed by atoms with E-state index in [4.69, 9.17) is 5.73 Å². The number of hydrogen-bond acceptors (Lipinski definition) is 3. The summed E-state index contributed by atoms with van der Waals surface area (Å²) in [6.45, 7) is 6.77. The van der Waals surface area contributed by atoms with E-state index in [0.29, 0.717) is 24.3 Å². The van der Waals surface area contributed by atoms with Gasteiger partial charge in [0.15, 0.2) is 0 Å². The van der Waals surface area contributed by atoms with E-state index in [1.54, 1.807) is 24.3 Å². The molecule has 0 saturated heterocycles. The van der Waals surface area contributed by atoms with Crippen LogP contribution in [0, 0.1) is 0 Å². The van der Waals surface area contributed by atoms with Crippen LogP contribution in [0.2, 0.25) is 0 Å². The van der Waals surface area contributed by atoms with E-state index in [0.717, 1.165) is 0 Å². The minimum Gasteiger partial charge on any atom is -0.351 e. The maximum atomic E-state index is 11.7. The van der Waals surface area contributed by atoms with Gasteiger partial charge in [0.05, 0.1) is 0 Å². The first-order chi connectivity index (χ1) is 9.26. The molecule has 1 aromatic carbocycles. The zero-order valence-corrected chi connectivity index (χ0v) is 12.1. The molecule has 0 saturated carbocycles. The second-order valence-corrected chi connectivity index (χ2v) is 5.54. The van der Waals surface area contributed by atoms with Crippen molar-refractivity contribution in [2.75, 3.05) is 17.2 Å². The number of carbonyl (C=O) groups is 2. The van der Waals surface area contributed by atoms with E-state index in [1.807, 2.05) is 0 Å². The molecule has 0 spiro atoms. The Bertz CT molecular complexity index is 463. The van der Waals surface area contributed by atoms with Crippen molar-refractivity contribution in [3.05, 3.63) is 24.3 Å². The van der Waals surface area contributed by atoms with Gasteiger partial charge in [0.1, 0.15) is 0 Å². The Morgan fingerprint density at radius 3 is 2.00 bits per heavy atom. The van der Waals surface area contributed by atoms with Gasteiger partial charge in [-0.3, -0.25) is 4.79 Å². The van der Waals surface area contributed by atoms with E-state index in [9.17, 15) is 9.59 Å². The molecule has 6 heteroatoms. The molecule has 0 atom stereocenters. The number of carbonyl (C=O) groups excluding carboxylic acids is 2. The van der Waals surface area contributed by atoms with Crippen molar-refractivity contribution in [3.63, 3.8) is 0 Å². The van der Waals surface area contributed by atoms with Gasteiger partial charge in [0.2, 0.25) is 5.91 Å². The fourth-order valence-corrected chi connectivity index (χ4v) is 1.55. The third kappa shape index (κ3) is 6.75. The number of benzene rings is 1. The average Bonchev–Trinajstić information content (AvgIpc) is 2.29. The number of nitrogens with two attached hydrogens (primary N) is 1. The van der Waals surface area contributed by atoms with Crippen molar-refractivity contribution >= 4 is 23.3 Å². The largest absolute Gasteiger partial charge is 0.351 e. The van der Waals surface area contributed by atoms with Gasteiger partial charge in [0, 0.05) is 29.9 Å². The summed E-state index contributed by atoms with van der Waals surface area (Å²) in [6.07, 6.45) is 0.401. The van der Waals surface area contributed by atoms with Crippen LogP contribution in [-0.2, 0) is 4.79 Å². The molecule has 20 heavy (non-hydrogen) atoms. The number of primary amides is 1. The molecule has 5 N–H and O–H groups in total. The highest BCUT2D eigenvalue weighted by molar-refractivity contribution is 5.92. The quantitative estimate of drug-likeness (QED) is 0.662. The minimum absolute atomic E-state index is 0.00234. The predicted molar refractivity (Wildman–Crippen MR) is 80.7 cm³/mol. The molecule has 0 aliphatic rings. The molecule has 6 nitrogen and oxygen atoms in total. The molecule has 0 aliphatic carbocycles. The number of hydrogen-bond donors (Lipinski definition) is 4. The zero-order valence-electron chi connectivity index (χ0n) is 12.1. The second-order valence-electron chi connectivity index (χ2n) is 5.54. The molecule has 1 aromatic rings. The lowest BCUT2D eigenvalue weighted by molar-refractivity contribution is -0.116. The van der Waals surface area contributed by atoms with Gasteiger partial charge in [-0.05, 0) is 45.0 Å². The Labute approximate surface area is 119 Å². The van der Waals surface area contributed by atoms with Crippen molar-refractivity contribution in [3.8, 4) is 0 Å². The Hall–Kier alpha value is -2.08. The van der Waals surface area contributed by atoms with Gasteiger partial charge in [0.25, 0.3) is 0 Å². The standard InChI is InChI=1S/C14H22N4O2/c1-14(2,3)16-9-8-12(19)17-10-4-6-11(7-5-10)18-13(15)20/h4-7,16H,8-9H2,1-3H3,(H,17,19)(H3,15,18,20). The first-order valence-electron chi connectivity index (χ1n) is 6.48. The first kappa shape index (κ1) is 16.0. The lowest BCUT2D eigenvalue weighted by atomic mass is 10.1. The molecule has 0 fully saturated rings. The summed E-state index contributed by atoms with van der Waals surface area (Å²) in [5.74, 6) is -0.0580. The third-order valence-corrected chi connectivity index (χ3v) is 2.44. The highest BCUT2D eigenvalue weighted by Crippen LogP contribution is 2.13. The molecule has 3 amide bonds. The van der Waals surface area contributed by atoms with Crippen LogP contribution in [0.3, 0.4) is 0 Å². The topological polar surface area (TPSA) is 96.2 Å². The van der Waals surface area contributed by atoms with Crippen molar-refractivity contribution in [2.24, 2.45) is 5.73 Å². The van der Waals surface area contributed by atoms with Crippen LogP contribution in [-0.4, -0.2) is 24.0 Å². The van der Waals surface area contributed by atoms with Gasteiger partial charge < -0.3 is 21.7 Å². The van der Waals surface area contributed by atoms with Gasteiger partial charge in [-0.15, -0.1) is 0 Å². The molecule has 0 bridgehead atoms. The molecule has 0 heterocycles. The first-order valence-corrected chi connectivity index (χ1v) is 6.48. The summed E-state index contributed by atoms with van der Waals surface area (Å²) in [5.41, 5.74) is 6.28. The van der Waals surface area contributed by atoms with E-state index >= 15 is 0 Å². The normalized spacial score (nSPS) is 10.9. The summed E-state index contributed by atoms with van der Waals surface area (Å²) in [6, 6.07) is 6.15. The van der Waals surface area contributed by atoms with Crippen molar-refractivity contribution in [1.29, 1.82) is 0 Å². The van der Waals surface area contributed by atoms with Crippen LogP contribution < -0.4 is 21.7 Å².